The molecule has 1 fully saturated rings. The van der Waals surface area contributed by atoms with Gasteiger partial charge < -0.3 is 14.6 Å². The molecule has 1 aromatic carbocycles. The SMILES string of the molecule is COC(=O)C(O)C1CC1COCc1ccccc1. The first-order valence-corrected chi connectivity index (χ1v) is 6.10. The maximum absolute atomic E-state index is 11.1. The van der Waals surface area contributed by atoms with E-state index in [-0.39, 0.29) is 11.8 Å². The summed E-state index contributed by atoms with van der Waals surface area (Å²) < 4.78 is 10.1. The third-order valence-electron chi connectivity index (χ3n) is 3.27. The molecule has 0 amide bonds. The molecule has 4 heteroatoms. The van der Waals surface area contributed by atoms with Crippen LogP contribution in [0, 0.1) is 11.8 Å². The smallest absolute Gasteiger partial charge is 0.334 e. The molecule has 1 aromatic rings. The van der Waals surface area contributed by atoms with E-state index in [9.17, 15) is 9.90 Å². The molecule has 4 nitrogen and oxygen atoms in total. The van der Waals surface area contributed by atoms with Crippen LogP contribution in [0.5, 0.6) is 0 Å². The van der Waals surface area contributed by atoms with E-state index < -0.39 is 12.1 Å². The normalized spacial score (nSPS) is 23.4. The summed E-state index contributed by atoms with van der Waals surface area (Å²) in [7, 11) is 1.29. The highest BCUT2D eigenvalue weighted by molar-refractivity contribution is 5.75. The average molecular weight is 250 g/mol. The number of ether oxygens (including phenoxy) is 2. The molecule has 3 atom stereocenters. The van der Waals surface area contributed by atoms with Crippen LogP contribution in [0.2, 0.25) is 0 Å². The van der Waals surface area contributed by atoms with Gasteiger partial charge >= 0.3 is 5.97 Å². The molecule has 0 aliphatic heterocycles. The van der Waals surface area contributed by atoms with E-state index in [1.54, 1.807) is 0 Å². The predicted molar refractivity (Wildman–Crippen MR) is 65.7 cm³/mol. The quantitative estimate of drug-likeness (QED) is 0.775. The summed E-state index contributed by atoms with van der Waals surface area (Å²) >= 11 is 0. The lowest BCUT2D eigenvalue weighted by molar-refractivity contribution is -0.151. The van der Waals surface area contributed by atoms with Gasteiger partial charge in [-0.1, -0.05) is 30.3 Å². The van der Waals surface area contributed by atoms with Crippen molar-refractivity contribution < 1.29 is 19.4 Å². The second-order valence-corrected chi connectivity index (χ2v) is 4.63. The van der Waals surface area contributed by atoms with Crippen LogP contribution in [0.1, 0.15) is 12.0 Å². The molecule has 0 spiro atoms. The Hall–Kier alpha value is -1.39. The van der Waals surface area contributed by atoms with Crippen LogP contribution in [-0.4, -0.2) is 30.9 Å². The molecule has 98 valence electrons. The topological polar surface area (TPSA) is 55.8 Å². The van der Waals surface area contributed by atoms with Crippen molar-refractivity contribution in [2.45, 2.75) is 19.1 Å². The Labute approximate surface area is 107 Å². The zero-order valence-corrected chi connectivity index (χ0v) is 10.4. The Kier molecular flexibility index (Phi) is 4.33. The highest BCUT2D eigenvalue weighted by Gasteiger charge is 2.45. The van der Waals surface area contributed by atoms with Crippen molar-refractivity contribution in [1.29, 1.82) is 0 Å². The molecule has 0 bridgehead atoms. The number of benzene rings is 1. The fraction of sp³-hybridized carbons (Fsp3) is 0.500. The molecule has 1 N–H and O–H groups in total. The molecule has 0 heterocycles. The zero-order chi connectivity index (χ0) is 13.0. The number of methoxy groups -OCH3 is 1. The van der Waals surface area contributed by atoms with Gasteiger partial charge in [0.25, 0.3) is 0 Å². The van der Waals surface area contributed by atoms with Gasteiger partial charge in [0.1, 0.15) is 0 Å². The highest BCUT2D eigenvalue weighted by atomic mass is 16.5. The molecular formula is C14H18O4. The molecule has 2 rings (SSSR count). The maximum atomic E-state index is 11.1. The Balaban J connectivity index is 1.67. The standard InChI is InChI=1S/C14H18O4/c1-17-14(16)13(15)12-7-11(12)9-18-8-10-5-3-2-4-6-10/h2-6,11-13,15H,7-9H2,1H3. The molecule has 0 saturated heterocycles. The predicted octanol–water partition coefficient (Wildman–Crippen LogP) is 1.37. The van der Waals surface area contributed by atoms with Crippen molar-refractivity contribution in [2.75, 3.05) is 13.7 Å². The molecular weight excluding hydrogens is 232 g/mol. The van der Waals surface area contributed by atoms with E-state index in [1.807, 2.05) is 30.3 Å². The number of rotatable bonds is 6. The molecule has 1 aliphatic rings. The number of carbonyl (C=O) groups excluding carboxylic acids is 1. The second kappa shape index (κ2) is 5.98. The van der Waals surface area contributed by atoms with Gasteiger partial charge in [-0.3, -0.25) is 0 Å². The molecule has 3 unspecified atom stereocenters. The van der Waals surface area contributed by atoms with Crippen LogP contribution in [0.25, 0.3) is 0 Å². The number of aliphatic hydroxyl groups excluding tert-OH is 1. The van der Waals surface area contributed by atoms with E-state index in [0.29, 0.717) is 13.2 Å². The van der Waals surface area contributed by atoms with E-state index >= 15 is 0 Å². The largest absolute Gasteiger partial charge is 0.467 e. The van der Waals surface area contributed by atoms with Crippen LogP contribution in [0.15, 0.2) is 30.3 Å². The summed E-state index contributed by atoms with van der Waals surface area (Å²) in [5, 5.41) is 9.61. The minimum Gasteiger partial charge on any atom is -0.467 e. The monoisotopic (exact) mass is 250 g/mol. The minimum atomic E-state index is -1.000. The van der Waals surface area contributed by atoms with Gasteiger partial charge in [-0.2, -0.15) is 0 Å². The van der Waals surface area contributed by atoms with E-state index in [2.05, 4.69) is 4.74 Å². The molecule has 1 aliphatic carbocycles. The average Bonchev–Trinajstić information content (AvgIpc) is 3.18. The van der Waals surface area contributed by atoms with Gasteiger partial charge in [0.2, 0.25) is 0 Å². The minimum absolute atomic E-state index is 0.00627. The Morgan fingerprint density at radius 3 is 2.83 bits per heavy atom. The Morgan fingerprint density at radius 2 is 2.17 bits per heavy atom. The summed E-state index contributed by atoms with van der Waals surface area (Å²) in [4.78, 5) is 11.1. The van der Waals surface area contributed by atoms with Gasteiger partial charge in [-0.25, -0.2) is 4.79 Å². The number of hydrogen-bond acceptors (Lipinski definition) is 4. The molecule has 1 saturated carbocycles. The second-order valence-electron chi connectivity index (χ2n) is 4.63. The van der Waals surface area contributed by atoms with Gasteiger partial charge in [-0.05, 0) is 17.9 Å². The van der Waals surface area contributed by atoms with Gasteiger partial charge in [-0.15, -0.1) is 0 Å². The maximum Gasteiger partial charge on any atom is 0.334 e. The van der Waals surface area contributed by atoms with Crippen LogP contribution in [0.3, 0.4) is 0 Å². The molecule has 18 heavy (non-hydrogen) atoms. The van der Waals surface area contributed by atoms with Crippen molar-refractivity contribution in [3.05, 3.63) is 35.9 Å². The lowest BCUT2D eigenvalue weighted by Gasteiger charge is -2.08. The lowest BCUT2D eigenvalue weighted by Crippen LogP contribution is -2.25. The molecule has 0 radical (unpaired) electrons. The summed E-state index contributed by atoms with van der Waals surface area (Å²) in [5.74, 6) is -0.290. The third-order valence-corrected chi connectivity index (χ3v) is 3.27. The summed E-state index contributed by atoms with van der Waals surface area (Å²) in [6, 6.07) is 9.92. The van der Waals surface area contributed by atoms with Crippen molar-refractivity contribution in [3.63, 3.8) is 0 Å². The summed E-state index contributed by atoms with van der Waals surface area (Å²) in [5.41, 5.74) is 1.13. The van der Waals surface area contributed by atoms with Crippen molar-refractivity contribution >= 4 is 5.97 Å². The van der Waals surface area contributed by atoms with Crippen LogP contribution < -0.4 is 0 Å². The van der Waals surface area contributed by atoms with Crippen molar-refractivity contribution in [3.8, 4) is 0 Å². The Morgan fingerprint density at radius 1 is 1.44 bits per heavy atom. The number of hydrogen-bond donors (Lipinski definition) is 1. The summed E-state index contributed by atoms with van der Waals surface area (Å²) in [6.07, 6.45) is -0.175. The van der Waals surface area contributed by atoms with Gasteiger partial charge in [0.05, 0.1) is 20.3 Å². The van der Waals surface area contributed by atoms with Gasteiger partial charge in [0, 0.05) is 5.92 Å². The van der Waals surface area contributed by atoms with Crippen molar-refractivity contribution in [2.24, 2.45) is 11.8 Å². The van der Waals surface area contributed by atoms with Crippen LogP contribution >= 0.6 is 0 Å². The van der Waals surface area contributed by atoms with E-state index in [1.165, 1.54) is 7.11 Å². The van der Waals surface area contributed by atoms with Crippen LogP contribution in [-0.2, 0) is 20.9 Å². The van der Waals surface area contributed by atoms with E-state index in [0.717, 1.165) is 12.0 Å². The first kappa shape index (κ1) is 13.1. The van der Waals surface area contributed by atoms with Crippen molar-refractivity contribution in [1.82, 2.24) is 0 Å². The lowest BCUT2D eigenvalue weighted by atomic mass is 10.2. The van der Waals surface area contributed by atoms with Crippen LogP contribution in [0.4, 0.5) is 0 Å². The zero-order valence-electron chi connectivity index (χ0n) is 10.4. The van der Waals surface area contributed by atoms with Gasteiger partial charge in [0.15, 0.2) is 6.10 Å². The fourth-order valence-corrected chi connectivity index (χ4v) is 2.05. The highest BCUT2D eigenvalue weighted by Crippen LogP contribution is 2.41. The Bertz CT molecular complexity index is 390. The summed E-state index contributed by atoms with van der Waals surface area (Å²) in [6.45, 7) is 1.14. The number of aliphatic hydroxyl groups is 1. The third kappa shape index (κ3) is 3.31. The first-order chi connectivity index (χ1) is 8.72. The first-order valence-electron chi connectivity index (χ1n) is 6.10. The van der Waals surface area contributed by atoms with E-state index in [4.69, 9.17) is 4.74 Å². The number of carbonyl (C=O) groups is 1. The fourth-order valence-electron chi connectivity index (χ4n) is 2.05. The number of esters is 1. The molecule has 0 aromatic heterocycles.